The standard InChI is InChI=1S/C21H23NO7S/c1-5-27-21(26)18-17(12(2)23)13(3)29-19(18)22-16(24)11-28-20(25)14(4)30-15-9-7-6-8-10-15/h6-10,14H,5,11H2,1-4H3,(H,22,24). The van der Waals surface area contributed by atoms with E-state index in [4.69, 9.17) is 13.9 Å². The molecule has 0 saturated heterocycles. The number of nitrogens with one attached hydrogen (secondary N) is 1. The summed E-state index contributed by atoms with van der Waals surface area (Å²) in [6.45, 7) is 5.58. The highest BCUT2D eigenvalue weighted by atomic mass is 32.2. The zero-order chi connectivity index (χ0) is 22.3. The third-order valence-corrected chi connectivity index (χ3v) is 4.99. The first-order chi connectivity index (χ1) is 14.2. The van der Waals surface area contributed by atoms with Crippen molar-refractivity contribution in [1.29, 1.82) is 0 Å². The second-order valence-electron chi connectivity index (χ2n) is 6.24. The van der Waals surface area contributed by atoms with Crippen molar-refractivity contribution in [2.45, 2.75) is 37.8 Å². The number of aryl methyl sites for hydroxylation is 1. The van der Waals surface area contributed by atoms with Crippen LogP contribution in [0.5, 0.6) is 0 Å². The first kappa shape index (κ1) is 23.2. The number of esters is 2. The van der Waals surface area contributed by atoms with Gasteiger partial charge in [-0.15, -0.1) is 11.8 Å². The third-order valence-electron chi connectivity index (χ3n) is 3.90. The highest BCUT2D eigenvalue weighted by Crippen LogP contribution is 2.28. The first-order valence-electron chi connectivity index (χ1n) is 9.24. The molecule has 30 heavy (non-hydrogen) atoms. The molecule has 1 aromatic heterocycles. The Morgan fingerprint density at radius 3 is 2.37 bits per heavy atom. The largest absolute Gasteiger partial charge is 0.462 e. The lowest BCUT2D eigenvalue weighted by atomic mass is 10.1. The molecule has 1 amide bonds. The van der Waals surface area contributed by atoms with E-state index in [0.29, 0.717) is 0 Å². The van der Waals surface area contributed by atoms with E-state index in [1.165, 1.54) is 25.6 Å². The minimum absolute atomic E-state index is 0.0358. The molecule has 160 valence electrons. The fraction of sp³-hybridized carbons (Fsp3) is 0.333. The van der Waals surface area contributed by atoms with E-state index in [-0.39, 0.29) is 29.4 Å². The molecule has 1 aromatic carbocycles. The van der Waals surface area contributed by atoms with Crippen molar-refractivity contribution < 1.29 is 33.1 Å². The molecular formula is C21H23NO7S. The van der Waals surface area contributed by atoms with Gasteiger partial charge < -0.3 is 13.9 Å². The molecule has 0 aliphatic heterocycles. The summed E-state index contributed by atoms with van der Waals surface area (Å²) < 4.78 is 15.4. The van der Waals surface area contributed by atoms with Crippen molar-refractivity contribution in [1.82, 2.24) is 0 Å². The molecule has 0 spiro atoms. The minimum Gasteiger partial charge on any atom is -0.462 e. The Labute approximate surface area is 178 Å². The zero-order valence-electron chi connectivity index (χ0n) is 17.1. The van der Waals surface area contributed by atoms with Crippen LogP contribution in [0.4, 0.5) is 5.88 Å². The Hall–Kier alpha value is -3.07. The molecule has 1 N–H and O–H groups in total. The Kier molecular flexibility index (Phi) is 8.23. The Balaban J connectivity index is 2.02. The fourth-order valence-corrected chi connectivity index (χ4v) is 3.51. The van der Waals surface area contributed by atoms with Gasteiger partial charge in [0.1, 0.15) is 16.6 Å². The maximum atomic E-state index is 12.2. The predicted molar refractivity (Wildman–Crippen MR) is 111 cm³/mol. The molecule has 0 bridgehead atoms. The second-order valence-corrected chi connectivity index (χ2v) is 7.66. The van der Waals surface area contributed by atoms with Gasteiger partial charge in [0.15, 0.2) is 12.4 Å². The number of rotatable bonds is 9. The summed E-state index contributed by atoms with van der Waals surface area (Å²) in [5.41, 5.74) is -0.122. The van der Waals surface area contributed by atoms with Gasteiger partial charge in [-0.25, -0.2) is 4.79 Å². The average molecular weight is 433 g/mol. The van der Waals surface area contributed by atoms with E-state index in [9.17, 15) is 19.2 Å². The molecule has 0 saturated carbocycles. The molecule has 1 atom stereocenters. The van der Waals surface area contributed by atoms with Gasteiger partial charge in [-0.3, -0.25) is 19.7 Å². The van der Waals surface area contributed by atoms with Crippen LogP contribution in [0.3, 0.4) is 0 Å². The van der Waals surface area contributed by atoms with Crippen molar-refractivity contribution in [3.8, 4) is 0 Å². The van der Waals surface area contributed by atoms with E-state index in [1.807, 2.05) is 30.3 Å². The molecule has 1 unspecified atom stereocenters. The lowest BCUT2D eigenvalue weighted by molar-refractivity contribution is -0.146. The molecule has 0 fully saturated rings. The summed E-state index contributed by atoms with van der Waals surface area (Å²) in [6, 6.07) is 9.31. The van der Waals surface area contributed by atoms with Gasteiger partial charge in [0.05, 0.1) is 12.2 Å². The molecule has 2 rings (SSSR count). The second kappa shape index (κ2) is 10.6. The summed E-state index contributed by atoms with van der Waals surface area (Å²) in [7, 11) is 0. The van der Waals surface area contributed by atoms with Gasteiger partial charge in [-0.1, -0.05) is 18.2 Å². The fourth-order valence-electron chi connectivity index (χ4n) is 2.62. The quantitative estimate of drug-likeness (QED) is 0.362. The number of carbonyl (C=O) groups is 4. The Morgan fingerprint density at radius 2 is 1.77 bits per heavy atom. The minimum atomic E-state index is -0.792. The highest BCUT2D eigenvalue weighted by Gasteiger charge is 2.29. The summed E-state index contributed by atoms with van der Waals surface area (Å²) in [5, 5.41) is 1.84. The maximum absolute atomic E-state index is 12.2. The lowest BCUT2D eigenvalue weighted by Crippen LogP contribution is -2.25. The van der Waals surface area contributed by atoms with Crippen LogP contribution < -0.4 is 5.32 Å². The monoisotopic (exact) mass is 433 g/mol. The highest BCUT2D eigenvalue weighted by molar-refractivity contribution is 8.00. The first-order valence-corrected chi connectivity index (χ1v) is 10.1. The molecule has 0 aliphatic carbocycles. The van der Waals surface area contributed by atoms with Crippen LogP contribution in [0.2, 0.25) is 0 Å². The number of Topliss-reactive ketones (excluding diaryl/α,β-unsaturated/α-hetero) is 1. The number of ketones is 1. The molecule has 0 aliphatic rings. The number of thioether (sulfide) groups is 1. The molecule has 0 radical (unpaired) electrons. The van der Waals surface area contributed by atoms with Crippen LogP contribution in [0.25, 0.3) is 0 Å². The van der Waals surface area contributed by atoms with E-state index >= 15 is 0 Å². The van der Waals surface area contributed by atoms with Crippen LogP contribution in [0.1, 0.15) is 47.2 Å². The predicted octanol–water partition coefficient (Wildman–Crippen LogP) is 3.63. The van der Waals surface area contributed by atoms with Crippen LogP contribution in [0.15, 0.2) is 39.6 Å². The van der Waals surface area contributed by atoms with Crippen LogP contribution in [0, 0.1) is 6.92 Å². The molecule has 9 heteroatoms. The summed E-state index contributed by atoms with van der Waals surface area (Å²) >= 11 is 1.30. The van der Waals surface area contributed by atoms with Gasteiger partial charge in [0.25, 0.3) is 5.91 Å². The number of anilines is 1. The lowest BCUT2D eigenvalue weighted by Gasteiger charge is -2.11. The normalized spacial score (nSPS) is 11.5. The van der Waals surface area contributed by atoms with E-state index in [0.717, 1.165) is 4.90 Å². The number of amides is 1. The number of hydrogen-bond donors (Lipinski definition) is 1. The molecule has 2 aromatic rings. The Bertz CT molecular complexity index is 936. The maximum Gasteiger partial charge on any atom is 0.344 e. The summed E-state index contributed by atoms with van der Waals surface area (Å²) in [4.78, 5) is 49.4. The van der Waals surface area contributed by atoms with Crippen molar-refractivity contribution in [2.75, 3.05) is 18.5 Å². The van der Waals surface area contributed by atoms with Crippen LogP contribution in [-0.4, -0.2) is 42.1 Å². The van der Waals surface area contributed by atoms with Gasteiger partial charge in [-0.05, 0) is 39.8 Å². The number of carbonyl (C=O) groups excluding carboxylic acids is 4. The van der Waals surface area contributed by atoms with Crippen molar-refractivity contribution in [3.05, 3.63) is 47.2 Å². The SMILES string of the molecule is CCOC(=O)c1c(NC(=O)COC(=O)C(C)Sc2ccccc2)oc(C)c1C(C)=O. The smallest absolute Gasteiger partial charge is 0.344 e. The number of benzene rings is 1. The molecule has 8 nitrogen and oxygen atoms in total. The topological polar surface area (TPSA) is 112 Å². The van der Waals surface area contributed by atoms with E-state index < -0.39 is 35.5 Å². The third kappa shape index (κ3) is 5.96. The molecule has 1 heterocycles. The van der Waals surface area contributed by atoms with Gasteiger partial charge in [-0.2, -0.15) is 0 Å². The van der Waals surface area contributed by atoms with Gasteiger partial charge in [0.2, 0.25) is 5.88 Å². The van der Waals surface area contributed by atoms with Crippen molar-refractivity contribution in [3.63, 3.8) is 0 Å². The number of hydrogen-bond acceptors (Lipinski definition) is 8. The van der Waals surface area contributed by atoms with Crippen molar-refractivity contribution in [2.24, 2.45) is 0 Å². The number of ether oxygens (including phenoxy) is 2. The van der Waals surface area contributed by atoms with Crippen molar-refractivity contribution >= 4 is 41.3 Å². The van der Waals surface area contributed by atoms with E-state index in [2.05, 4.69) is 5.32 Å². The average Bonchev–Trinajstić information content (AvgIpc) is 3.02. The van der Waals surface area contributed by atoms with Gasteiger partial charge >= 0.3 is 11.9 Å². The number of furan rings is 1. The van der Waals surface area contributed by atoms with Crippen LogP contribution >= 0.6 is 11.8 Å². The van der Waals surface area contributed by atoms with E-state index in [1.54, 1.807) is 13.8 Å². The van der Waals surface area contributed by atoms with Gasteiger partial charge in [0, 0.05) is 4.90 Å². The Morgan fingerprint density at radius 1 is 1.10 bits per heavy atom. The van der Waals surface area contributed by atoms with Crippen LogP contribution in [-0.2, 0) is 19.1 Å². The summed E-state index contributed by atoms with van der Waals surface area (Å²) in [5.74, 6) is -2.52. The molecular weight excluding hydrogens is 410 g/mol. The summed E-state index contributed by atoms with van der Waals surface area (Å²) in [6.07, 6.45) is 0. The zero-order valence-corrected chi connectivity index (χ0v) is 18.0.